The minimum atomic E-state index is -1.03. The molecule has 0 aliphatic rings. The average molecular weight is 295 g/mol. The number of carbonyl (C=O) groups is 1. The van der Waals surface area contributed by atoms with E-state index in [1.807, 2.05) is 0 Å². The van der Waals surface area contributed by atoms with Crippen LogP contribution in [-0.2, 0) is 6.54 Å². The second-order valence-corrected chi connectivity index (χ2v) is 6.34. The lowest BCUT2D eigenvalue weighted by atomic mass is 9.87. The Labute approximate surface area is 126 Å². The largest absolute Gasteiger partial charge is 0.478 e. The van der Waals surface area contributed by atoms with Gasteiger partial charge in [0.2, 0.25) is 0 Å². The Morgan fingerprint density at radius 3 is 2.67 bits per heavy atom. The van der Waals surface area contributed by atoms with E-state index in [-0.39, 0.29) is 16.8 Å². The summed E-state index contributed by atoms with van der Waals surface area (Å²) in [6, 6.07) is 3.90. The Balaban J connectivity index is 2.51. The molecule has 0 bridgehead atoms. The third kappa shape index (κ3) is 6.25. The maximum Gasteiger partial charge on any atom is 0.335 e. The molecule has 4 heteroatoms. The Morgan fingerprint density at radius 1 is 1.33 bits per heavy atom. The zero-order chi connectivity index (χ0) is 15.9. The van der Waals surface area contributed by atoms with Crippen molar-refractivity contribution in [2.24, 2.45) is 5.41 Å². The fourth-order valence-corrected chi connectivity index (χ4v) is 2.32. The molecule has 0 amide bonds. The molecule has 0 aliphatic carbocycles. The van der Waals surface area contributed by atoms with Gasteiger partial charge in [-0.1, -0.05) is 40.0 Å². The Bertz CT molecular complexity index is 472. The molecule has 118 valence electrons. The van der Waals surface area contributed by atoms with Crippen molar-refractivity contribution in [1.82, 2.24) is 5.32 Å². The van der Waals surface area contributed by atoms with E-state index in [1.54, 1.807) is 0 Å². The first-order chi connectivity index (χ1) is 9.85. The van der Waals surface area contributed by atoms with Crippen molar-refractivity contribution in [3.05, 3.63) is 35.1 Å². The van der Waals surface area contributed by atoms with Crippen molar-refractivity contribution in [2.45, 2.75) is 53.0 Å². The van der Waals surface area contributed by atoms with Crippen LogP contribution in [0.1, 0.15) is 62.4 Å². The molecule has 21 heavy (non-hydrogen) atoms. The summed E-state index contributed by atoms with van der Waals surface area (Å²) < 4.78 is 13.7. The predicted octanol–water partition coefficient (Wildman–Crippen LogP) is 4.22. The van der Waals surface area contributed by atoms with Crippen LogP contribution in [-0.4, -0.2) is 17.6 Å². The summed E-state index contributed by atoms with van der Waals surface area (Å²) >= 11 is 0. The lowest BCUT2D eigenvalue weighted by Gasteiger charge is -2.25. The smallest absolute Gasteiger partial charge is 0.335 e. The zero-order valence-corrected chi connectivity index (χ0v) is 13.2. The molecule has 0 unspecified atom stereocenters. The number of rotatable bonds is 9. The summed E-state index contributed by atoms with van der Waals surface area (Å²) in [5.41, 5.74) is 0.686. The van der Waals surface area contributed by atoms with E-state index in [2.05, 4.69) is 26.1 Å². The number of carboxylic acid groups (broad SMARTS) is 1. The lowest BCUT2D eigenvalue weighted by Crippen LogP contribution is -2.29. The first kappa shape index (κ1) is 17.6. The Kier molecular flexibility index (Phi) is 6.82. The monoisotopic (exact) mass is 295 g/mol. The minimum absolute atomic E-state index is 0.121. The van der Waals surface area contributed by atoms with Gasteiger partial charge >= 0.3 is 5.97 Å². The number of unbranched alkanes of at least 4 members (excludes halogenated alkanes) is 2. The fourth-order valence-electron chi connectivity index (χ4n) is 2.32. The lowest BCUT2D eigenvalue weighted by molar-refractivity contribution is 0.0696. The van der Waals surface area contributed by atoms with Crippen molar-refractivity contribution in [3.63, 3.8) is 0 Å². The molecule has 0 atom stereocenters. The standard InChI is InChI=1S/C17H26FNO2/c1-4-5-6-9-17(2,3)12-19-11-14-10-13(16(20)21)7-8-15(14)18/h7-8,10,19H,4-6,9,11-12H2,1-3H3,(H,20,21). The maximum absolute atomic E-state index is 13.7. The van der Waals surface area contributed by atoms with Crippen molar-refractivity contribution in [1.29, 1.82) is 0 Å². The van der Waals surface area contributed by atoms with Gasteiger partial charge in [0.25, 0.3) is 0 Å². The van der Waals surface area contributed by atoms with Crippen LogP contribution in [0.25, 0.3) is 0 Å². The SMILES string of the molecule is CCCCCC(C)(C)CNCc1cc(C(=O)O)ccc1F. The molecule has 1 rings (SSSR count). The molecule has 0 aromatic heterocycles. The molecule has 0 saturated heterocycles. The highest BCUT2D eigenvalue weighted by molar-refractivity contribution is 5.87. The summed E-state index contributed by atoms with van der Waals surface area (Å²) in [6.45, 7) is 7.71. The highest BCUT2D eigenvalue weighted by Gasteiger charge is 2.17. The van der Waals surface area contributed by atoms with Gasteiger partial charge in [0.05, 0.1) is 5.56 Å². The summed E-state index contributed by atoms with van der Waals surface area (Å²) in [7, 11) is 0. The fraction of sp³-hybridized carbons (Fsp3) is 0.588. The molecule has 3 nitrogen and oxygen atoms in total. The minimum Gasteiger partial charge on any atom is -0.478 e. The molecule has 0 heterocycles. The molecular formula is C17H26FNO2. The van der Waals surface area contributed by atoms with E-state index in [0.29, 0.717) is 12.1 Å². The summed E-state index contributed by atoms with van der Waals surface area (Å²) in [6.07, 6.45) is 4.77. The number of aromatic carboxylic acids is 1. The average Bonchev–Trinajstić information content (AvgIpc) is 2.40. The van der Waals surface area contributed by atoms with Crippen molar-refractivity contribution in [2.75, 3.05) is 6.54 Å². The number of halogens is 1. The van der Waals surface area contributed by atoms with E-state index < -0.39 is 5.97 Å². The number of hydrogen-bond acceptors (Lipinski definition) is 2. The van der Waals surface area contributed by atoms with Crippen molar-refractivity contribution < 1.29 is 14.3 Å². The first-order valence-corrected chi connectivity index (χ1v) is 7.58. The molecule has 1 aromatic carbocycles. The van der Waals surface area contributed by atoms with Gasteiger partial charge in [-0.15, -0.1) is 0 Å². The summed E-state index contributed by atoms with van der Waals surface area (Å²) in [4.78, 5) is 10.9. The summed E-state index contributed by atoms with van der Waals surface area (Å²) in [5, 5.41) is 12.2. The van der Waals surface area contributed by atoms with E-state index >= 15 is 0 Å². The number of nitrogens with one attached hydrogen (secondary N) is 1. The first-order valence-electron chi connectivity index (χ1n) is 7.58. The maximum atomic E-state index is 13.7. The van der Waals surface area contributed by atoms with Crippen LogP contribution < -0.4 is 5.32 Å². The highest BCUT2D eigenvalue weighted by Crippen LogP contribution is 2.23. The van der Waals surface area contributed by atoms with Gasteiger partial charge in [-0.3, -0.25) is 0 Å². The van der Waals surface area contributed by atoms with Gasteiger partial charge in [-0.2, -0.15) is 0 Å². The quantitative estimate of drug-likeness (QED) is 0.671. The highest BCUT2D eigenvalue weighted by atomic mass is 19.1. The van der Waals surface area contributed by atoms with Gasteiger partial charge in [-0.05, 0) is 30.0 Å². The number of benzene rings is 1. The summed E-state index contributed by atoms with van der Waals surface area (Å²) in [5.74, 6) is -1.40. The van der Waals surface area contributed by atoms with Gasteiger partial charge < -0.3 is 10.4 Å². The topological polar surface area (TPSA) is 49.3 Å². The van der Waals surface area contributed by atoms with Crippen LogP contribution in [0.5, 0.6) is 0 Å². The third-order valence-corrected chi connectivity index (χ3v) is 3.67. The van der Waals surface area contributed by atoms with E-state index in [1.165, 1.54) is 37.5 Å². The number of hydrogen-bond donors (Lipinski definition) is 2. The van der Waals surface area contributed by atoms with E-state index in [9.17, 15) is 9.18 Å². The predicted molar refractivity (Wildman–Crippen MR) is 83.0 cm³/mol. The van der Waals surface area contributed by atoms with Crippen LogP contribution in [0.4, 0.5) is 4.39 Å². The van der Waals surface area contributed by atoms with E-state index in [4.69, 9.17) is 5.11 Å². The number of carboxylic acids is 1. The van der Waals surface area contributed by atoms with Crippen molar-refractivity contribution >= 4 is 5.97 Å². The second-order valence-electron chi connectivity index (χ2n) is 6.34. The van der Waals surface area contributed by atoms with Gasteiger partial charge in [0, 0.05) is 18.7 Å². The van der Waals surface area contributed by atoms with Crippen molar-refractivity contribution in [3.8, 4) is 0 Å². The molecule has 1 aromatic rings. The van der Waals surface area contributed by atoms with E-state index in [0.717, 1.165) is 13.0 Å². The van der Waals surface area contributed by atoms with Gasteiger partial charge in [0.15, 0.2) is 0 Å². The Hall–Kier alpha value is -1.42. The van der Waals surface area contributed by atoms with Crippen LogP contribution in [0.3, 0.4) is 0 Å². The van der Waals surface area contributed by atoms with Crippen LogP contribution in [0.2, 0.25) is 0 Å². The molecule has 0 spiro atoms. The molecule has 0 fully saturated rings. The second kappa shape index (κ2) is 8.13. The van der Waals surface area contributed by atoms with Crippen LogP contribution in [0, 0.1) is 11.2 Å². The third-order valence-electron chi connectivity index (χ3n) is 3.67. The Morgan fingerprint density at radius 2 is 2.05 bits per heavy atom. The van der Waals surface area contributed by atoms with Gasteiger partial charge in [0.1, 0.15) is 5.82 Å². The molecule has 0 saturated carbocycles. The van der Waals surface area contributed by atoms with Gasteiger partial charge in [-0.25, -0.2) is 9.18 Å². The molecular weight excluding hydrogens is 269 g/mol. The zero-order valence-electron chi connectivity index (χ0n) is 13.2. The van der Waals surface area contributed by atoms with Crippen LogP contribution >= 0.6 is 0 Å². The van der Waals surface area contributed by atoms with Crippen LogP contribution in [0.15, 0.2) is 18.2 Å². The molecule has 0 radical (unpaired) electrons. The molecule has 0 aliphatic heterocycles. The normalized spacial score (nSPS) is 11.6. The molecule has 2 N–H and O–H groups in total.